The number of imide groups is 1. The molecule has 0 spiro atoms. The number of likely N-dealkylation sites (N-methyl/N-ethyl adjacent to an activating group) is 1. The summed E-state index contributed by atoms with van der Waals surface area (Å²) in [4.78, 5) is 36.2. The van der Waals surface area contributed by atoms with Crippen molar-refractivity contribution >= 4 is 27.9 Å². The molecule has 0 unspecified atom stereocenters. The number of piperazine rings is 1. The molecule has 17 heavy (non-hydrogen) atoms. The number of amides is 4. The highest BCUT2D eigenvalue weighted by Gasteiger charge is 2.36. The molecule has 0 radical (unpaired) electrons. The van der Waals surface area contributed by atoms with Crippen LogP contribution >= 0.6 is 0 Å². The minimum Gasteiger partial charge on any atom is -0.333 e. The van der Waals surface area contributed by atoms with E-state index in [1.807, 2.05) is 0 Å². The second kappa shape index (κ2) is 4.70. The van der Waals surface area contributed by atoms with E-state index >= 15 is 0 Å². The largest absolute Gasteiger partial charge is 0.338 e. The van der Waals surface area contributed by atoms with Gasteiger partial charge in [0.15, 0.2) is 0 Å². The van der Waals surface area contributed by atoms with Gasteiger partial charge in [0.1, 0.15) is 0 Å². The van der Waals surface area contributed by atoms with Crippen molar-refractivity contribution in [1.29, 1.82) is 0 Å². The van der Waals surface area contributed by atoms with Crippen LogP contribution in [-0.2, 0) is 19.6 Å². The number of nitrogens with one attached hydrogen (secondary N) is 1. The molecule has 1 saturated heterocycles. The molecule has 9 heteroatoms. The van der Waals surface area contributed by atoms with Crippen molar-refractivity contribution in [2.45, 2.75) is 6.92 Å². The van der Waals surface area contributed by atoms with Crippen LogP contribution in [0.3, 0.4) is 0 Å². The molecule has 0 atom stereocenters. The maximum absolute atomic E-state index is 11.5. The average Bonchev–Trinajstić information content (AvgIpc) is 2.19. The number of hydrogen-bond donors (Lipinski definition) is 1. The summed E-state index contributed by atoms with van der Waals surface area (Å²) < 4.78 is 23.3. The first kappa shape index (κ1) is 13.4. The molecule has 0 aromatic heterocycles. The fourth-order valence-corrected chi connectivity index (χ4v) is 1.81. The first-order chi connectivity index (χ1) is 7.76. The van der Waals surface area contributed by atoms with E-state index in [-0.39, 0.29) is 13.1 Å². The van der Waals surface area contributed by atoms with Gasteiger partial charge in [-0.3, -0.25) is 14.5 Å². The molecule has 1 rings (SSSR count). The van der Waals surface area contributed by atoms with Crippen LogP contribution in [0.4, 0.5) is 4.79 Å². The second-order valence-electron chi connectivity index (χ2n) is 3.52. The van der Waals surface area contributed by atoms with E-state index in [4.69, 9.17) is 0 Å². The molecular weight excluding hydrogens is 250 g/mol. The van der Waals surface area contributed by atoms with E-state index in [0.29, 0.717) is 11.4 Å². The molecule has 4 amide bonds. The number of rotatable bonds is 2. The van der Waals surface area contributed by atoms with Gasteiger partial charge in [-0.25, -0.2) is 17.9 Å². The number of nitrogens with zero attached hydrogens (tertiary/aromatic N) is 2. The lowest BCUT2D eigenvalue weighted by Crippen LogP contribution is -2.58. The fourth-order valence-electron chi connectivity index (χ4n) is 1.38. The van der Waals surface area contributed by atoms with Crippen LogP contribution < -0.4 is 4.72 Å². The van der Waals surface area contributed by atoms with E-state index < -0.39 is 27.9 Å². The van der Waals surface area contributed by atoms with Gasteiger partial charge in [-0.1, -0.05) is 0 Å². The van der Waals surface area contributed by atoms with Crippen molar-refractivity contribution in [3.8, 4) is 0 Å². The number of carbonyl (C=O) groups excluding carboxylic acids is 3. The topological polar surface area (TPSA) is 104 Å². The number of hydrogen-bond acceptors (Lipinski definition) is 5. The van der Waals surface area contributed by atoms with Gasteiger partial charge >= 0.3 is 17.8 Å². The van der Waals surface area contributed by atoms with Crippen molar-refractivity contribution in [1.82, 2.24) is 14.5 Å². The summed E-state index contributed by atoms with van der Waals surface area (Å²) in [5.41, 5.74) is 0. The lowest BCUT2D eigenvalue weighted by molar-refractivity contribution is -0.153. The van der Waals surface area contributed by atoms with Crippen LogP contribution in [0.25, 0.3) is 0 Å². The molecule has 1 fully saturated rings. The Balaban J connectivity index is 2.78. The summed E-state index contributed by atoms with van der Waals surface area (Å²) >= 11 is 0. The Morgan fingerprint density at radius 2 is 1.88 bits per heavy atom. The smallest absolute Gasteiger partial charge is 0.333 e. The highest BCUT2D eigenvalue weighted by molar-refractivity contribution is 7.89. The molecule has 0 aromatic carbocycles. The summed E-state index contributed by atoms with van der Waals surface area (Å²) in [5.74, 6) is -1.82. The first-order valence-corrected chi connectivity index (χ1v) is 6.78. The van der Waals surface area contributed by atoms with Crippen molar-refractivity contribution in [2.24, 2.45) is 0 Å². The van der Waals surface area contributed by atoms with Gasteiger partial charge in [0.2, 0.25) is 10.0 Å². The van der Waals surface area contributed by atoms with E-state index in [0.717, 1.165) is 6.26 Å². The summed E-state index contributed by atoms with van der Waals surface area (Å²) in [6.07, 6.45) is 0.791. The highest BCUT2D eigenvalue weighted by atomic mass is 32.2. The highest BCUT2D eigenvalue weighted by Crippen LogP contribution is 2.05. The van der Waals surface area contributed by atoms with Gasteiger partial charge in [-0.05, 0) is 6.92 Å². The van der Waals surface area contributed by atoms with Gasteiger partial charge in [0, 0.05) is 19.6 Å². The molecule has 1 aliphatic rings. The fraction of sp³-hybridized carbons (Fsp3) is 0.625. The standard InChI is InChI=1S/C8H13N3O5S/c1-3-10-4-5-11(7(13)6(10)12)8(14)9-17(2,15)16/h3-5H2,1-2H3,(H,9,14). The molecule has 1 heterocycles. The van der Waals surface area contributed by atoms with Crippen LogP contribution in [0.1, 0.15) is 6.92 Å². The quantitative estimate of drug-likeness (QED) is 0.601. The third kappa shape index (κ3) is 3.16. The van der Waals surface area contributed by atoms with Crippen LogP contribution in [0.2, 0.25) is 0 Å². The van der Waals surface area contributed by atoms with Crippen LogP contribution in [0.5, 0.6) is 0 Å². The Bertz CT molecular complexity index is 458. The van der Waals surface area contributed by atoms with Crippen molar-refractivity contribution < 1.29 is 22.8 Å². The van der Waals surface area contributed by atoms with Crippen LogP contribution in [0, 0.1) is 0 Å². The predicted octanol–water partition coefficient (Wildman–Crippen LogP) is -1.65. The Kier molecular flexibility index (Phi) is 3.71. The molecule has 1 aliphatic heterocycles. The summed E-state index contributed by atoms with van der Waals surface area (Å²) in [6.45, 7) is 2.27. The lowest BCUT2D eigenvalue weighted by atomic mass is 10.3. The molecule has 0 bridgehead atoms. The minimum atomic E-state index is -3.75. The summed E-state index contributed by atoms with van der Waals surface area (Å²) in [7, 11) is -3.75. The second-order valence-corrected chi connectivity index (χ2v) is 5.27. The Hall–Kier alpha value is -1.64. The van der Waals surface area contributed by atoms with Gasteiger partial charge in [-0.15, -0.1) is 0 Å². The molecule has 0 aromatic rings. The predicted molar refractivity (Wildman–Crippen MR) is 57.3 cm³/mol. The lowest BCUT2D eigenvalue weighted by Gasteiger charge is -2.31. The van der Waals surface area contributed by atoms with Crippen molar-refractivity contribution in [2.75, 3.05) is 25.9 Å². The summed E-state index contributed by atoms with van der Waals surface area (Å²) in [6, 6.07) is -1.10. The van der Waals surface area contributed by atoms with Gasteiger partial charge < -0.3 is 4.90 Å². The minimum absolute atomic E-state index is 0.0141. The number of sulfonamides is 1. The molecule has 8 nitrogen and oxygen atoms in total. The first-order valence-electron chi connectivity index (χ1n) is 4.88. The third-order valence-corrected chi connectivity index (χ3v) is 2.75. The van der Waals surface area contributed by atoms with E-state index in [1.165, 1.54) is 4.90 Å². The van der Waals surface area contributed by atoms with Crippen LogP contribution in [-0.4, -0.2) is 62.0 Å². The SMILES string of the molecule is CCN1CCN(C(=O)NS(C)(=O)=O)C(=O)C1=O. The Morgan fingerprint density at radius 3 is 2.35 bits per heavy atom. The van der Waals surface area contributed by atoms with E-state index in [1.54, 1.807) is 11.6 Å². The van der Waals surface area contributed by atoms with Gasteiger partial charge in [0.25, 0.3) is 0 Å². The van der Waals surface area contributed by atoms with Gasteiger partial charge in [-0.2, -0.15) is 0 Å². The Labute approximate surface area is 98.6 Å². The molecule has 0 aliphatic carbocycles. The third-order valence-electron chi connectivity index (χ3n) is 2.21. The molecular formula is C8H13N3O5S. The van der Waals surface area contributed by atoms with E-state index in [9.17, 15) is 22.8 Å². The zero-order valence-corrected chi connectivity index (χ0v) is 10.3. The molecule has 0 saturated carbocycles. The van der Waals surface area contributed by atoms with Crippen LogP contribution in [0.15, 0.2) is 0 Å². The molecule has 96 valence electrons. The maximum atomic E-state index is 11.5. The monoisotopic (exact) mass is 263 g/mol. The number of urea groups is 1. The Morgan fingerprint density at radius 1 is 1.29 bits per heavy atom. The average molecular weight is 263 g/mol. The van der Waals surface area contributed by atoms with Crippen molar-refractivity contribution in [3.63, 3.8) is 0 Å². The van der Waals surface area contributed by atoms with Gasteiger partial charge in [0.05, 0.1) is 6.26 Å². The van der Waals surface area contributed by atoms with E-state index in [2.05, 4.69) is 0 Å². The molecule has 1 N–H and O–H groups in total. The normalized spacial score (nSPS) is 17.3. The zero-order valence-electron chi connectivity index (χ0n) is 9.47. The van der Waals surface area contributed by atoms with Crippen molar-refractivity contribution in [3.05, 3.63) is 0 Å². The maximum Gasteiger partial charge on any atom is 0.338 e. The zero-order chi connectivity index (χ0) is 13.2. The summed E-state index contributed by atoms with van der Waals surface area (Å²) in [5, 5.41) is 0. The number of carbonyl (C=O) groups is 3.